The van der Waals surface area contributed by atoms with Gasteiger partial charge in [-0.1, -0.05) is 48.5 Å². The second kappa shape index (κ2) is 7.88. The molecule has 5 aromatic rings. The molecule has 0 atom stereocenters. The van der Waals surface area contributed by atoms with Crippen molar-refractivity contribution >= 4 is 44.0 Å². The fraction of sp³-hybridized carbons (Fsp3) is 0.192. The number of thiophene rings is 1. The monoisotopic (exact) mass is 437 g/mol. The Morgan fingerprint density at radius 1 is 1.00 bits per heavy atom. The Balaban J connectivity index is 1.51. The summed E-state index contributed by atoms with van der Waals surface area (Å²) < 4.78 is 0. The van der Waals surface area contributed by atoms with Crippen LogP contribution in [0.15, 0.2) is 65.9 Å². The molecule has 2 N–H and O–H groups in total. The third kappa shape index (κ3) is 3.28. The van der Waals surface area contributed by atoms with E-state index in [1.54, 1.807) is 0 Å². The molecule has 0 amide bonds. The highest BCUT2D eigenvalue weighted by molar-refractivity contribution is 7.19. The lowest BCUT2D eigenvalue weighted by atomic mass is 9.97. The zero-order chi connectivity index (χ0) is 21.5. The Kier molecular flexibility index (Phi) is 4.72. The van der Waals surface area contributed by atoms with Gasteiger partial charge in [-0.05, 0) is 49.8 Å². The van der Waals surface area contributed by atoms with Crippen LogP contribution in [-0.2, 0) is 12.8 Å². The average molecular weight is 438 g/mol. The molecule has 2 aromatic carbocycles. The maximum absolute atomic E-state index is 5.02. The molecule has 1 aliphatic carbocycles. The summed E-state index contributed by atoms with van der Waals surface area (Å²) in [4.78, 5) is 15.9. The van der Waals surface area contributed by atoms with Crippen LogP contribution < -0.4 is 5.43 Å². The number of hydrazone groups is 1. The van der Waals surface area contributed by atoms with Crippen LogP contribution in [-0.4, -0.2) is 20.7 Å². The number of fused-ring (bicyclic) bond motifs is 4. The first kappa shape index (κ1) is 19.2. The summed E-state index contributed by atoms with van der Waals surface area (Å²) in [7, 11) is 0. The van der Waals surface area contributed by atoms with E-state index in [2.05, 4.69) is 40.7 Å². The quantitative estimate of drug-likeness (QED) is 0.247. The van der Waals surface area contributed by atoms with Crippen molar-refractivity contribution < 1.29 is 0 Å². The third-order valence-electron chi connectivity index (χ3n) is 6.17. The molecule has 0 spiro atoms. The number of aromatic nitrogens is 3. The first-order chi connectivity index (χ1) is 15.8. The van der Waals surface area contributed by atoms with Crippen LogP contribution in [0.4, 0.5) is 5.82 Å². The third-order valence-corrected chi connectivity index (χ3v) is 7.35. The molecule has 32 heavy (non-hydrogen) atoms. The van der Waals surface area contributed by atoms with Crippen molar-refractivity contribution in [1.82, 2.24) is 15.0 Å². The van der Waals surface area contributed by atoms with E-state index in [9.17, 15) is 0 Å². The SMILES string of the molecule is C/C(=N\Nc1nc(-c2c[nH]c3ccccc23)nc2sc3c(c12)CCCC3)c1ccccc1. The lowest BCUT2D eigenvalue weighted by molar-refractivity contribution is 0.700. The minimum absolute atomic E-state index is 0.726. The van der Waals surface area contributed by atoms with E-state index >= 15 is 0 Å². The van der Waals surface area contributed by atoms with Gasteiger partial charge in [0.15, 0.2) is 11.6 Å². The Morgan fingerprint density at radius 2 is 1.81 bits per heavy atom. The summed E-state index contributed by atoms with van der Waals surface area (Å²) in [5.74, 6) is 1.52. The van der Waals surface area contributed by atoms with Crippen LogP contribution in [0, 0.1) is 0 Å². The molecule has 3 heterocycles. The average Bonchev–Trinajstić information content (AvgIpc) is 3.44. The van der Waals surface area contributed by atoms with Crippen molar-refractivity contribution in [2.45, 2.75) is 32.6 Å². The number of H-pyrrole nitrogens is 1. The summed E-state index contributed by atoms with van der Waals surface area (Å²) in [6, 6.07) is 18.5. The van der Waals surface area contributed by atoms with Gasteiger partial charge in [0.25, 0.3) is 0 Å². The van der Waals surface area contributed by atoms with Gasteiger partial charge in [0, 0.05) is 27.5 Å². The van der Waals surface area contributed by atoms with Gasteiger partial charge in [0.1, 0.15) is 4.83 Å². The van der Waals surface area contributed by atoms with Gasteiger partial charge in [-0.25, -0.2) is 9.97 Å². The van der Waals surface area contributed by atoms with Crippen molar-refractivity contribution in [2.24, 2.45) is 5.10 Å². The molecular weight excluding hydrogens is 414 g/mol. The van der Waals surface area contributed by atoms with Crippen LogP contribution in [0.5, 0.6) is 0 Å². The predicted octanol–water partition coefficient (Wildman–Crippen LogP) is 6.55. The molecule has 0 unspecified atom stereocenters. The molecule has 3 aromatic heterocycles. The number of hydrogen-bond donors (Lipinski definition) is 2. The number of hydrogen-bond acceptors (Lipinski definition) is 5. The standard InChI is InChI=1S/C26H23N5S/c1-16(17-9-3-2-4-10-17)30-31-25-23-19-12-6-8-14-22(19)32-26(23)29-24(28-25)20-15-27-21-13-7-5-11-18(20)21/h2-5,7,9-11,13,15,27H,6,8,12,14H2,1H3,(H,28,29,31)/b30-16+. The van der Waals surface area contributed by atoms with E-state index in [-0.39, 0.29) is 0 Å². The zero-order valence-electron chi connectivity index (χ0n) is 17.9. The van der Waals surface area contributed by atoms with Crippen LogP contribution in [0.3, 0.4) is 0 Å². The van der Waals surface area contributed by atoms with E-state index in [0.29, 0.717) is 0 Å². The largest absolute Gasteiger partial charge is 0.360 e. The molecule has 0 bridgehead atoms. The van der Waals surface area contributed by atoms with E-state index in [1.807, 2.05) is 48.7 Å². The Labute approximate surface area is 190 Å². The number of para-hydroxylation sites is 1. The molecule has 5 nitrogen and oxygen atoms in total. The summed E-state index contributed by atoms with van der Waals surface area (Å²) >= 11 is 1.81. The normalized spacial score (nSPS) is 14.1. The fourth-order valence-corrected chi connectivity index (χ4v) is 5.76. The number of benzene rings is 2. The molecule has 0 radical (unpaired) electrons. The van der Waals surface area contributed by atoms with E-state index in [1.165, 1.54) is 23.3 Å². The molecule has 158 valence electrons. The molecule has 1 aliphatic rings. The topological polar surface area (TPSA) is 66.0 Å². The minimum atomic E-state index is 0.726. The summed E-state index contributed by atoms with van der Waals surface area (Å²) in [5, 5.41) is 6.97. The Morgan fingerprint density at radius 3 is 2.72 bits per heavy atom. The lowest BCUT2D eigenvalue weighted by Gasteiger charge is -2.12. The number of aromatic amines is 1. The molecule has 6 rings (SSSR count). The highest BCUT2D eigenvalue weighted by Gasteiger charge is 2.22. The lowest BCUT2D eigenvalue weighted by Crippen LogP contribution is -2.04. The van der Waals surface area contributed by atoms with Gasteiger partial charge < -0.3 is 4.98 Å². The summed E-state index contributed by atoms with van der Waals surface area (Å²) in [6.07, 6.45) is 6.68. The molecular formula is C26H23N5S. The minimum Gasteiger partial charge on any atom is -0.360 e. The maximum Gasteiger partial charge on any atom is 0.165 e. The first-order valence-corrected chi connectivity index (χ1v) is 11.8. The number of aryl methyl sites for hydroxylation is 2. The van der Waals surface area contributed by atoms with Crippen LogP contribution in [0.1, 0.15) is 35.8 Å². The highest BCUT2D eigenvalue weighted by atomic mass is 32.1. The highest BCUT2D eigenvalue weighted by Crippen LogP contribution is 2.40. The Bertz CT molecular complexity index is 1460. The second-order valence-corrected chi connectivity index (χ2v) is 9.29. The molecule has 0 aliphatic heterocycles. The van der Waals surface area contributed by atoms with Crippen molar-refractivity contribution in [2.75, 3.05) is 5.43 Å². The first-order valence-electron chi connectivity index (χ1n) is 11.0. The summed E-state index contributed by atoms with van der Waals surface area (Å²) in [6.45, 7) is 2.02. The van der Waals surface area contributed by atoms with Gasteiger partial charge in [-0.3, -0.25) is 5.43 Å². The van der Waals surface area contributed by atoms with Gasteiger partial charge in [-0.15, -0.1) is 11.3 Å². The maximum atomic E-state index is 5.02. The molecule has 0 saturated carbocycles. The van der Waals surface area contributed by atoms with Crippen molar-refractivity contribution in [1.29, 1.82) is 0 Å². The van der Waals surface area contributed by atoms with E-state index in [0.717, 1.165) is 62.4 Å². The number of nitrogens with one attached hydrogen (secondary N) is 2. The molecule has 0 saturated heterocycles. The number of anilines is 1. The number of nitrogens with zero attached hydrogens (tertiary/aromatic N) is 3. The van der Waals surface area contributed by atoms with Crippen molar-refractivity contribution in [3.05, 3.63) is 76.8 Å². The molecule has 6 heteroatoms. The van der Waals surface area contributed by atoms with Gasteiger partial charge in [0.2, 0.25) is 0 Å². The summed E-state index contributed by atoms with van der Waals surface area (Å²) in [5.41, 5.74) is 8.83. The van der Waals surface area contributed by atoms with E-state index < -0.39 is 0 Å². The number of rotatable bonds is 4. The molecule has 0 fully saturated rings. The zero-order valence-corrected chi connectivity index (χ0v) is 18.7. The van der Waals surface area contributed by atoms with Crippen LogP contribution in [0.2, 0.25) is 0 Å². The van der Waals surface area contributed by atoms with Crippen LogP contribution in [0.25, 0.3) is 32.5 Å². The van der Waals surface area contributed by atoms with Crippen molar-refractivity contribution in [3.63, 3.8) is 0 Å². The Hall–Kier alpha value is -3.51. The predicted molar refractivity (Wildman–Crippen MR) is 134 cm³/mol. The van der Waals surface area contributed by atoms with Gasteiger partial charge in [0.05, 0.1) is 11.1 Å². The second-order valence-electron chi connectivity index (χ2n) is 8.21. The van der Waals surface area contributed by atoms with Gasteiger partial charge in [-0.2, -0.15) is 5.10 Å². The van der Waals surface area contributed by atoms with Crippen molar-refractivity contribution in [3.8, 4) is 11.4 Å². The van der Waals surface area contributed by atoms with Crippen LogP contribution >= 0.6 is 11.3 Å². The smallest absolute Gasteiger partial charge is 0.165 e. The van der Waals surface area contributed by atoms with Gasteiger partial charge >= 0.3 is 0 Å². The van der Waals surface area contributed by atoms with E-state index in [4.69, 9.17) is 15.1 Å². The fourth-order valence-electron chi connectivity index (χ4n) is 4.50.